The molecule has 0 fully saturated rings. The van der Waals surface area contributed by atoms with E-state index in [0.29, 0.717) is 11.3 Å². The van der Waals surface area contributed by atoms with Gasteiger partial charge in [-0.15, -0.1) is 0 Å². The fourth-order valence-corrected chi connectivity index (χ4v) is 2.17. The van der Waals surface area contributed by atoms with Crippen LogP contribution in [0.3, 0.4) is 0 Å². The Bertz CT molecular complexity index is 811. The number of nitrogens with zero attached hydrogens (tertiary/aromatic N) is 3. The molecular formula is C18H17N3O2. The van der Waals surface area contributed by atoms with Crippen LogP contribution in [0.25, 0.3) is 16.8 Å². The van der Waals surface area contributed by atoms with E-state index in [-0.39, 0.29) is 12.4 Å². The summed E-state index contributed by atoms with van der Waals surface area (Å²) in [6.45, 7) is 0.0914. The van der Waals surface area contributed by atoms with Gasteiger partial charge in [-0.2, -0.15) is 10.5 Å². The van der Waals surface area contributed by atoms with Gasteiger partial charge in [0.05, 0.1) is 0 Å². The molecular weight excluding hydrogens is 290 g/mol. The second-order valence-corrected chi connectivity index (χ2v) is 5.15. The monoisotopic (exact) mass is 307 g/mol. The van der Waals surface area contributed by atoms with Crippen molar-refractivity contribution in [1.82, 2.24) is 0 Å². The zero-order chi connectivity index (χ0) is 16.8. The van der Waals surface area contributed by atoms with Crippen LogP contribution in [0.15, 0.2) is 35.9 Å². The number of nitriles is 2. The maximum Gasteiger partial charge on any atom is 0.188 e. The van der Waals surface area contributed by atoms with Crippen LogP contribution < -0.4 is 9.64 Å². The van der Waals surface area contributed by atoms with E-state index in [1.165, 1.54) is 13.2 Å². The molecule has 0 spiro atoms. The minimum Gasteiger partial charge on any atom is -0.467 e. The second-order valence-electron chi connectivity index (χ2n) is 5.15. The van der Waals surface area contributed by atoms with Crippen LogP contribution in [-0.4, -0.2) is 28.0 Å². The fraction of sp³-hybridized carbons (Fsp3) is 0.222. The first-order chi connectivity index (χ1) is 11.1. The fourth-order valence-electron chi connectivity index (χ4n) is 2.17. The molecule has 116 valence electrons. The van der Waals surface area contributed by atoms with Gasteiger partial charge in [0.1, 0.15) is 23.5 Å². The minimum atomic E-state index is 0.0246. The third kappa shape index (κ3) is 3.79. The SMILES string of the molecule is COCOc1cc2cc(N(C)C)ccc2cc1C=C(C#N)C#N. The van der Waals surface area contributed by atoms with Crippen LogP contribution in [0.2, 0.25) is 0 Å². The molecule has 0 saturated heterocycles. The first kappa shape index (κ1) is 16.4. The lowest BCUT2D eigenvalue weighted by Crippen LogP contribution is -2.08. The van der Waals surface area contributed by atoms with E-state index in [0.717, 1.165) is 16.5 Å². The van der Waals surface area contributed by atoms with Crippen molar-refractivity contribution in [3.63, 3.8) is 0 Å². The lowest BCUT2D eigenvalue weighted by Gasteiger charge is -2.15. The quantitative estimate of drug-likeness (QED) is 0.626. The highest BCUT2D eigenvalue weighted by molar-refractivity contribution is 5.90. The zero-order valence-corrected chi connectivity index (χ0v) is 13.3. The molecule has 0 bridgehead atoms. The Kier molecular flexibility index (Phi) is 5.19. The van der Waals surface area contributed by atoms with Gasteiger partial charge >= 0.3 is 0 Å². The summed E-state index contributed by atoms with van der Waals surface area (Å²) in [4.78, 5) is 2.02. The number of hydrogen-bond acceptors (Lipinski definition) is 5. The standard InChI is InChI=1S/C18H17N3O2/c1-21(2)17-5-4-14-7-16(6-13(10-19)11-20)18(23-12-22-3)9-15(14)8-17/h4-9H,12H2,1-3H3. The van der Waals surface area contributed by atoms with Crippen LogP contribution in [0.5, 0.6) is 5.75 Å². The molecule has 0 N–H and O–H groups in total. The molecule has 0 unspecified atom stereocenters. The van der Waals surface area contributed by atoms with Crippen molar-refractivity contribution in [1.29, 1.82) is 10.5 Å². The van der Waals surface area contributed by atoms with Crippen LogP contribution in [0.4, 0.5) is 5.69 Å². The summed E-state index contributed by atoms with van der Waals surface area (Å²) in [5.74, 6) is 0.568. The normalized spacial score (nSPS) is 9.78. The maximum absolute atomic E-state index is 8.95. The van der Waals surface area contributed by atoms with E-state index in [1.807, 2.05) is 55.4 Å². The van der Waals surface area contributed by atoms with Gasteiger partial charge in [0.2, 0.25) is 0 Å². The van der Waals surface area contributed by atoms with Gasteiger partial charge in [-0.25, -0.2) is 0 Å². The summed E-state index contributed by atoms with van der Waals surface area (Å²) < 4.78 is 10.5. The van der Waals surface area contributed by atoms with Gasteiger partial charge in [0.15, 0.2) is 6.79 Å². The van der Waals surface area contributed by atoms with Crippen molar-refractivity contribution in [2.75, 3.05) is 32.9 Å². The van der Waals surface area contributed by atoms with Gasteiger partial charge < -0.3 is 14.4 Å². The number of ether oxygens (including phenoxy) is 2. The number of allylic oxidation sites excluding steroid dienone is 1. The van der Waals surface area contributed by atoms with Crippen molar-refractivity contribution in [3.05, 3.63) is 41.5 Å². The first-order valence-corrected chi connectivity index (χ1v) is 6.98. The molecule has 5 nitrogen and oxygen atoms in total. The number of anilines is 1. The molecule has 0 aliphatic heterocycles. The lowest BCUT2D eigenvalue weighted by atomic mass is 10.0. The number of methoxy groups -OCH3 is 1. The smallest absolute Gasteiger partial charge is 0.188 e. The van der Waals surface area contributed by atoms with E-state index in [9.17, 15) is 0 Å². The van der Waals surface area contributed by atoms with Gasteiger partial charge in [-0.05, 0) is 41.1 Å². The van der Waals surface area contributed by atoms with Crippen LogP contribution in [0.1, 0.15) is 5.56 Å². The Balaban J connectivity index is 2.61. The van der Waals surface area contributed by atoms with E-state index in [4.69, 9.17) is 20.0 Å². The molecule has 23 heavy (non-hydrogen) atoms. The predicted molar refractivity (Wildman–Crippen MR) is 90.0 cm³/mol. The molecule has 0 heterocycles. The van der Waals surface area contributed by atoms with E-state index < -0.39 is 0 Å². The summed E-state index contributed by atoms with van der Waals surface area (Å²) in [5, 5.41) is 19.9. The number of rotatable bonds is 5. The average molecular weight is 307 g/mol. The molecule has 0 aliphatic carbocycles. The van der Waals surface area contributed by atoms with Crippen LogP contribution in [-0.2, 0) is 4.74 Å². The summed E-state index contributed by atoms with van der Waals surface area (Å²) >= 11 is 0. The third-order valence-electron chi connectivity index (χ3n) is 3.34. The van der Waals surface area contributed by atoms with Gasteiger partial charge in [0, 0.05) is 32.5 Å². The third-order valence-corrected chi connectivity index (χ3v) is 3.34. The Morgan fingerprint density at radius 2 is 1.87 bits per heavy atom. The Morgan fingerprint density at radius 1 is 1.13 bits per heavy atom. The molecule has 2 rings (SSSR count). The molecule has 0 atom stereocenters. The number of benzene rings is 2. The minimum absolute atomic E-state index is 0.0246. The summed E-state index contributed by atoms with van der Waals surface area (Å²) in [6, 6.07) is 13.6. The highest BCUT2D eigenvalue weighted by Gasteiger charge is 2.08. The van der Waals surface area contributed by atoms with Gasteiger partial charge in [-0.1, -0.05) is 6.07 Å². The second kappa shape index (κ2) is 7.31. The molecule has 2 aromatic rings. The van der Waals surface area contributed by atoms with Gasteiger partial charge in [-0.3, -0.25) is 0 Å². The van der Waals surface area contributed by atoms with Crippen LogP contribution in [0, 0.1) is 22.7 Å². The molecule has 0 aromatic heterocycles. The highest BCUT2D eigenvalue weighted by atomic mass is 16.7. The molecule has 2 aromatic carbocycles. The molecule has 0 aliphatic rings. The van der Waals surface area contributed by atoms with E-state index >= 15 is 0 Å². The largest absolute Gasteiger partial charge is 0.467 e. The number of fused-ring (bicyclic) bond motifs is 1. The topological polar surface area (TPSA) is 69.3 Å². The first-order valence-electron chi connectivity index (χ1n) is 6.98. The van der Waals surface area contributed by atoms with Gasteiger partial charge in [0.25, 0.3) is 0 Å². The summed E-state index contributed by atoms with van der Waals surface area (Å²) in [6.07, 6.45) is 1.52. The molecule has 0 saturated carbocycles. The zero-order valence-electron chi connectivity index (χ0n) is 13.3. The maximum atomic E-state index is 8.95. The predicted octanol–water partition coefficient (Wildman–Crippen LogP) is 3.32. The van der Waals surface area contributed by atoms with E-state index in [2.05, 4.69) is 6.07 Å². The van der Waals surface area contributed by atoms with Crippen molar-refractivity contribution < 1.29 is 9.47 Å². The van der Waals surface area contributed by atoms with E-state index in [1.54, 1.807) is 0 Å². The highest BCUT2D eigenvalue weighted by Crippen LogP contribution is 2.30. The van der Waals surface area contributed by atoms with Crippen molar-refractivity contribution in [2.45, 2.75) is 0 Å². The lowest BCUT2D eigenvalue weighted by molar-refractivity contribution is 0.0511. The molecule has 5 heteroatoms. The van der Waals surface area contributed by atoms with Crippen molar-refractivity contribution in [3.8, 4) is 17.9 Å². The Morgan fingerprint density at radius 3 is 2.48 bits per heavy atom. The van der Waals surface area contributed by atoms with Crippen molar-refractivity contribution >= 4 is 22.5 Å². The summed E-state index contributed by atoms with van der Waals surface area (Å²) in [7, 11) is 5.50. The Hall–Kier alpha value is -3.02. The number of hydrogen-bond donors (Lipinski definition) is 0. The van der Waals surface area contributed by atoms with Crippen LogP contribution >= 0.6 is 0 Å². The van der Waals surface area contributed by atoms with Crippen molar-refractivity contribution in [2.24, 2.45) is 0 Å². The Labute approximate surface area is 135 Å². The average Bonchev–Trinajstić information content (AvgIpc) is 2.56. The molecule has 0 amide bonds. The molecule has 0 radical (unpaired) electrons. The summed E-state index contributed by atoms with van der Waals surface area (Å²) in [5.41, 5.74) is 1.77.